The van der Waals surface area contributed by atoms with E-state index in [0.29, 0.717) is 25.7 Å². The lowest BCUT2D eigenvalue weighted by molar-refractivity contribution is -0.301. The molecule has 0 amide bonds. The topological polar surface area (TPSA) is 175 Å². The highest BCUT2D eigenvalue weighted by Gasteiger charge is 2.50. The van der Waals surface area contributed by atoms with Crippen molar-refractivity contribution < 1.29 is 58.2 Å². The normalized spacial score (nSPS) is 19.2. The van der Waals surface area contributed by atoms with Crippen LogP contribution in [0.25, 0.3) is 0 Å². The standard InChI is InChI=1S/C63H96O12/c1-4-7-10-13-16-19-22-25-26-27-28-29-30-33-36-39-42-45-48-51-57(66)74-61-59(68)58(67)60(62(69)70)75-63(61)72-53-54(73-56(65)50-47-44-41-38-35-32-24-21-18-15-12-9-6-3)52-71-55(64)49-46-43-40-37-34-31-23-20-17-14-11-8-5-2/h7-8,10-12,15-17,19-21,24-26,28-29,31,33-34,36,42,45,54,58-61,63,67-68H,4-6,9,13-14,18,22-23,27,30,32,35,37-41,43-44,46-53H2,1-3H3,(H,69,70)/b10-7-,11-8-,15-12-,19-16-,20-17-,24-21-,26-25-,29-28-,34-31-,36-33-,45-42-. The summed E-state index contributed by atoms with van der Waals surface area (Å²) in [5.41, 5.74) is 0. The third kappa shape index (κ3) is 39.9. The summed E-state index contributed by atoms with van der Waals surface area (Å²) in [4.78, 5) is 51.0. The summed E-state index contributed by atoms with van der Waals surface area (Å²) >= 11 is 0. The molecule has 1 rings (SSSR count). The predicted octanol–water partition coefficient (Wildman–Crippen LogP) is 14.2. The molecule has 0 radical (unpaired) electrons. The molecule has 12 heteroatoms. The van der Waals surface area contributed by atoms with Crippen LogP contribution in [-0.2, 0) is 42.9 Å². The Labute approximate surface area is 451 Å². The summed E-state index contributed by atoms with van der Waals surface area (Å²) in [7, 11) is 0. The summed E-state index contributed by atoms with van der Waals surface area (Å²) < 4.78 is 28.2. The van der Waals surface area contributed by atoms with Crippen LogP contribution in [0.5, 0.6) is 0 Å². The molecule has 0 aliphatic carbocycles. The molecule has 0 aromatic rings. The zero-order valence-electron chi connectivity index (χ0n) is 46.0. The van der Waals surface area contributed by atoms with E-state index < -0.39 is 67.3 Å². The van der Waals surface area contributed by atoms with Gasteiger partial charge in [0.25, 0.3) is 0 Å². The van der Waals surface area contributed by atoms with Crippen LogP contribution in [0.3, 0.4) is 0 Å². The Morgan fingerprint density at radius 2 is 0.867 bits per heavy atom. The van der Waals surface area contributed by atoms with Crippen molar-refractivity contribution in [1.29, 1.82) is 0 Å². The summed E-state index contributed by atoms with van der Waals surface area (Å²) in [5.74, 6) is -3.31. The second-order valence-electron chi connectivity index (χ2n) is 18.4. The van der Waals surface area contributed by atoms with Gasteiger partial charge in [-0.2, -0.15) is 0 Å². The molecule has 420 valence electrons. The first kappa shape index (κ1) is 67.9. The number of ether oxygens (including phenoxy) is 5. The molecule has 75 heavy (non-hydrogen) atoms. The Morgan fingerprint density at radius 1 is 0.453 bits per heavy atom. The van der Waals surface area contributed by atoms with Gasteiger partial charge in [0.15, 0.2) is 24.6 Å². The summed E-state index contributed by atoms with van der Waals surface area (Å²) in [6.45, 7) is 5.60. The number of esters is 3. The van der Waals surface area contributed by atoms with Crippen LogP contribution in [0.4, 0.5) is 0 Å². The fourth-order valence-electron chi connectivity index (χ4n) is 7.44. The van der Waals surface area contributed by atoms with Gasteiger partial charge in [0.05, 0.1) is 6.61 Å². The van der Waals surface area contributed by atoms with Crippen molar-refractivity contribution >= 4 is 23.9 Å². The average Bonchev–Trinajstić information content (AvgIpc) is 3.39. The molecule has 1 fully saturated rings. The zero-order valence-corrected chi connectivity index (χ0v) is 46.0. The molecule has 6 unspecified atom stereocenters. The van der Waals surface area contributed by atoms with Crippen molar-refractivity contribution in [3.05, 3.63) is 134 Å². The fraction of sp³-hybridized carbons (Fsp3) is 0.587. The van der Waals surface area contributed by atoms with Crippen molar-refractivity contribution in [3.63, 3.8) is 0 Å². The van der Waals surface area contributed by atoms with Gasteiger partial charge >= 0.3 is 23.9 Å². The number of allylic oxidation sites excluding steroid dienone is 22. The molecular weight excluding hydrogens is 949 g/mol. The van der Waals surface area contributed by atoms with Crippen molar-refractivity contribution in [2.75, 3.05) is 13.2 Å². The Morgan fingerprint density at radius 3 is 1.35 bits per heavy atom. The van der Waals surface area contributed by atoms with Crippen molar-refractivity contribution in [3.8, 4) is 0 Å². The fourth-order valence-corrected chi connectivity index (χ4v) is 7.44. The van der Waals surface area contributed by atoms with Gasteiger partial charge in [-0.05, 0) is 116 Å². The lowest BCUT2D eigenvalue weighted by Gasteiger charge is -2.40. The van der Waals surface area contributed by atoms with E-state index in [1.54, 1.807) is 0 Å². The SMILES string of the molecule is CC/C=C\C/C=C\C/C=C\C/C=C\C/C=C\C/C=C\CCC(=O)OC1C(OCC(COC(=O)CCCCC/C=C\C/C=C\C/C=C\CC)OC(=O)CCCCCCC/C=C\C/C=C\CCC)OC(C(=O)O)C(O)C1O. The Kier molecular flexibility index (Phi) is 45.0. The molecule has 1 aliphatic heterocycles. The first-order chi connectivity index (χ1) is 36.6. The average molecular weight is 1050 g/mol. The maximum absolute atomic E-state index is 13.1. The second kappa shape index (κ2) is 49.7. The Hall–Kier alpha value is -5.14. The van der Waals surface area contributed by atoms with Crippen molar-refractivity contribution in [1.82, 2.24) is 0 Å². The number of unbranched alkanes of at least 4 members (excludes halogenated alkanes) is 9. The Bertz CT molecular complexity index is 1810. The van der Waals surface area contributed by atoms with E-state index in [9.17, 15) is 34.5 Å². The van der Waals surface area contributed by atoms with Gasteiger partial charge in [0.1, 0.15) is 18.8 Å². The number of carboxylic acid groups (broad SMARTS) is 1. The molecular formula is C63H96O12. The summed E-state index contributed by atoms with van der Waals surface area (Å²) in [6.07, 6.45) is 57.3. The van der Waals surface area contributed by atoms with Crippen LogP contribution in [-0.4, -0.2) is 89.2 Å². The number of aliphatic hydroxyl groups excluding tert-OH is 2. The van der Waals surface area contributed by atoms with Crippen LogP contribution in [0, 0.1) is 0 Å². The van der Waals surface area contributed by atoms with Crippen LogP contribution >= 0.6 is 0 Å². The number of aliphatic carboxylic acids is 1. The number of hydrogen-bond donors (Lipinski definition) is 3. The molecule has 0 saturated carbocycles. The molecule has 0 spiro atoms. The second-order valence-corrected chi connectivity index (χ2v) is 18.4. The van der Waals surface area contributed by atoms with Crippen molar-refractivity contribution in [2.24, 2.45) is 0 Å². The van der Waals surface area contributed by atoms with E-state index in [2.05, 4.69) is 136 Å². The van der Waals surface area contributed by atoms with Gasteiger partial charge in [0, 0.05) is 19.3 Å². The molecule has 0 aromatic carbocycles. The van der Waals surface area contributed by atoms with Crippen LogP contribution < -0.4 is 0 Å². The van der Waals surface area contributed by atoms with Crippen molar-refractivity contribution in [2.45, 2.75) is 225 Å². The first-order valence-electron chi connectivity index (χ1n) is 28.2. The number of carbonyl (C=O) groups is 4. The van der Waals surface area contributed by atoms with E-state index in [1.165, 1.54) is 0 Å². The van der Waals surface area contributed by atoms with E-state index >= 15 is 0 Å². The first-order valence-corrected chi connectivity index (χ1v) is 28.2. The van der Waals surface area contributed by atoms with E-state index in [4.69, 9.17) is 23.7 Å². The van der Waals surface area contributed by atoms with Gasteiger partial charge in [-0.25, -0.2) is 4.79 Å². The largest absolute Gasteiger partial charge is 0.479 e. The molecule has 1 saturated heterocycles. The van der Waals surface area contributed by atoms with Crippen LogP contribution in [0.1, 0.15) is 188 Å². The maximum Gasteiger partial charge on any atom is 0.335 e. The molecule has 0 bridgehead atoms. The predicted molar refractivity (Wildman–Crippen MR) is 303 cm³/mol. The maximum atomic E-state index is 13.1. The zero-order chi connectivity index (χ0) is 54.7. The highest BCUT2D eigenvalue weighted by Crippen LogP contribution is 2.26. The minimum Gasteiger partial charge on any atom is -0.479 e. The minimum atomic E-state index is -1.94. The summed E-state index contributed by atoms with van der Waals surface area (Å²) in [5, 5.41) is 31.4. The van der Waals surface area contributed by atoms with Crippen LogP contribution in [0.15, 0.2) is 134 Å². The Balaban J connectivity index is 2.78. The molecule has 6 atom stereocenters. The highest BCUT2D eigenvalue weighted by molar-refractivity contribution is 5.74. The van der Waals surface area contributed by atoms with Gasteiger partial charge in [-0.15, -0.1) is 0 Å². The van der Waals surface area contributed by atoms with Gasteiger partial charge < -0.3 is 39.0 Å². The van der Waals surface area contributed by atoms with Gasteiger partial charge in [-0.3, -0.25) is 14.4 Å². The molecule has 1 heterocycles. The highest BCUT2D eigenvalue weighted by atomic mass is 16.7. The van der Waals surface area contributed by atoms with Crippen LogP contribution in [0.2, 0.25) is 0 Å². The quantitative estimate of drug-likeness (QED) is 0.0228. The van der Waals surface area contributed by atoms with Gasteiger partial charge in [0.2, 0.25) is 0 Å². The minimum absolute atomic E-state index is 0.0769. The van der Waals surface area contributed by atoms with Gasteiger partial charge in [-0.1, -0.05) is 187 Å². The van der Waals surface area contributed by atoms with E-state index in [-0.39, 0.29) is 25.9 Å². The number of carbonyl (C=O) groups excluding carboxylic acids is 3. The number of carboxylic acids is 1. The third-order valence-corrected chi connectivity index (χ3v) is 11.7. The molecule has 3 N–H and O–H groups in total. The number of hydrogen-bond acceptors (Lipinski definition) is 11. The summed E-state index contributed by atoms with van der Waals surface area (Å²) in [6, 6.07) is 0. The monoisotopic (exact) mass is 1040 g/mol. The van der Waals surface area contributed by atoms with E-state index in [1.807, 2.05) is 18.2 Å². The number of rotatable bonds is 45. The molecule has 12 nitrogen and oxygen atoms in total. The molecule has 0 aromatic heterocycles. The smallest absolute Gasteiger partial charge is 0.335 e. The lowest BCUT2D eigenvalue weighted by atomic mass is 9.98. The lowest BCUT2D eigenvalue weighted by Crippen LogP contribution is -2.61. The van der Waals surface area contributed by atoms with E-state index in [0.717, 1.165) is 122 Å². The number of aliphatic hydroxyl groups is 2. The third-order valence-electron chi connectivity index (χ3n) is 11.7. The molecule has 1 aliphatic rings.